The second-order valence-corrected chi connectivity index (χ2v) is 13.2. The fraction of sp³-hybridized carbons (Fsp3) is 0.0233. The summed E-state index contributed by atoms with van der Waals surface area (Å²) in [6.45, 7) is 0. The molecule has 7 aromatic carbocycles. The first-order chi connectivity index (χ1) is 22.8. The van der Waals surface area contributed by atoms with E-state index in [4.69, 9.17) is 4.42 Å². The van der Waals surface area contributed by atoms with E-state index in [0.29, 0.717) is 0 Å². The Bertz CT molecular complexity index is 2380. The molecule has 1 aliphatic heterocycles. The molecule has 0 radical (unpaired) electrons. The van der Waals surface area contributed by atoms with Crippen molar-refractivity contribution in [3.63, 3.8) is 0 Å². The topological polar surface area (TPSA) is 16.4 Å². The highest BCUT2D eigenvalue weighted by Gasteiger charge is 2.50. The number of fused-ring (bicyclic) bond motifs is 12. The third kappa shape index (κ3) is 3.49. The molecule has 0 bridgehead atoms. The van der Waals surface area contributed by atoms with Crippen LogP contribution in [0.2, 0.25) is 0 Å². The second kappa shape index (κ2) is 9.74. The van der Waals surface area contributed by atoms with Gasteiger partial charge in [-0.05, 0) is 94.0 Å². The van der Waals surface area contributed by atoms with Crippen molar-refractivity contribution in [1.29, 1.82) is 0 Å². The first-order valence-corrected chi connectivity index (χ1v) is 16.5. The van der Waals surface area contributed by atoms with E-state index >= 15 is 0 Å². The number of anilines is 3. The van der Waals surface area contributed by atoms with Gasteiger partial charge in [0, 0.05) is 37.6 Å². The van der Waals surface area contributed by atoms with Crippen LogP contribution in [0.3, 0.4) is 0 Å². The maximum atomic E-state index is 6.61. The van der Waals surface area contributed by atoms with E-state index < -0.39 is 5.41 Å². The Balaban J connectivity index is 1.26. The molecule has 3 heteroatoms. The minimum absolute atomic E-state index is 0.417. The number of nitrogens with zero attached hydrogens (tertiary/aromatic N) is 1. The molecule has 0 amide bonds. The summed E-state index contributed by atoms with van der Waals surface area (Å²) in [4.78, 5) is 4.85. The molecule has 0 saturated carbocycles. The zero-order valence-corrected chi connectivity index (χ0v) is 25.7. The highest BCUT2D eigenvalue weighted by molar-refractivity contribution is 7.99. The van der Waals surface area contributed by atoms with Crippen LogP contribution in [0, 0.1) is 0 Å². The molecule has 2 aliphatic rings. The van der Waals surface area contributed by atoms with Gasteiger partial charge >= 0.3 is 0 Å². The summed E-state index contributed by atoms with van der Waals surface area (Å²) in [5, 5.41) is 2.25. The normalized spacial score (nSPS) is 13.7. The fourth-order valence-electron chi connectivity index (χ4n) is 7.85. The molecule has 0 fully saturated rings. The highest BCUT2D eigenvalue weighted by Crippen LogP contribution is 2.62. The second-order valence-electron chi connectivity index (χ2n) is 12.1. The molecule has 0 atom stereocenters. The standard InChI is InChI=1S/C43H27NOS/c1-3-13-28(14-4-1)44(29-15-5-2-6-16-29)30-23-24-39-33(25-30)34-26-38-42(27-40(34)45-39)46-41-22-12-11-21-37(41)43(38)35-19-9-7-17-31(35)32-18-8-10-20-36(32)43/h1-27H. The van der Waals surface area contributed by atoms with Gasteiger partial charge in [0.2, 0.25) is 0 Å². The van der Waals surface area contributed by atoms with Crippen LogP contribution in [-0.2, 0) is 5.41 Å². The molecule has 1 aromatic heterocycles. The van der Waals surface area contributed by atoms with Gasteiger partial charge in [0.1, 0.15) is 11.2 Å². The van der Waals surface area contributed by atoms with Crippen LogP contribution in [0.15, 0.2) is 178 Å². The lowest BCUT2D eigenvalue weighted by molar-refractivity contribution is 0.664. The van der Waals surface area contributed by atoms with Gasteiger partial charge in [0.05, 0.1) is 5.41 Å². The summed E-state index contributed by atoms with van der Waals surface area (Å²) in [5.41, 5.74) is 12.7. The predicted molar refractivity (Wildman–Crippen MR) is 190 cm³/mol. The summed E-state index contributed by atoms with van der Waals surface area (Å²) in [6, 6.07) is 59.3. The van der Waals surface area contributed by atoms with Crippen molar-refractivity contribution in [2.45, 2.75) is 15.2 Å². The zero-order chi connectivity index (χ0) is 30.2. The van der Waals surface area contributed by atoms with E-state index in [0.717, 1.165) is 39.0 Å². The minimum atomic E-state index is -0.417. The smallest absolute Gasteiger partial charge is 0.136 e. The van der Waals surface area contributed by atoms with E-state index in [1.807, 2.05) is 11.8 Å². The largest absolute Gasteiger partial charge is 0.456 e. The summed E-state index contributed by atoms with van der Waals surface area (Å²) in [6.07, 6.45) is 0. The van der Waals surface area contributed by atoms with Crippen molar-refractivity contribution in [3.05, 3.63) is 186 Å². The maximum Gasteiger partial charge on any atom is 0.136 e. The van der Waals surface area contributed by atoms with Crippen LogP contribution in [0.25, 0.3) is 33.1 Å². The van der Waals surface area contributed by atoms with Gasteiger partial charge in [-0.25, -0.2) is 0 Å². The molecule has 2 heterocycles. The molecule has 0 saturated heterocycles. The molecule has 1 spiro atoms. The van der Waals surface area contributed by atoms with Crippen molar-refractivity contribution in [1.82, 2.24) is 0 Å². The molecular weight excluding hydrogens is 579 g/mol. The van der Waals surface area contributed by atoms with Crippen molar-refractivity contribution in [3.8, 4) is 11.1 Å². The predicted octanol–water partition coefficient (Wildman–Crippen LogP) is 11.9. The Kier molecular flexibility index (Phi) is 5.46. The lowest BCUT2D eigenvalue weighted by atomic mass is 9.67. The Morgan fingerprint density at radius 3 is 1.65 bits per heavy atom. The Morgan fingerprint density at radius 2 is 0.978 bits per heavy atom. The van der Waals surface area contributed by atoms with Crippen LogP contribution in [0.4, 0.5) is 17.1 Å². The average molecular weight is 606 g/mol. The molecule has 46 heavy (non-hydrogen) atoms. The summed E-state index contributed by atoms with van der Waals surface area (Å²) in [7, 11) is 0. The van der Waals surface area contributed by atoms with Crippen molar-refractivity contribution in [2.24, 2.45) is 0 Å². The number of furan rings is 1. The minimum Gasteiger partial charge on any atom is -0.456 e. The first-order valence-electron chi connectivity index (χ1n) is 15.7. The average Bonchev–Trinajstić information content (AvgIpc) is 3.62. The Hall–Kier alpha value is -5.51. The fourth-order valence-corrected chi connectivity index (χ4v) is 9.06. The van der Waals surface area contributed by atoms with Gasteiger partial charge in [-0.3, -0.25) is 0 Å². The van der Waals surface area contributed by atoms with Gasteiger partial charge in [-0.15, -0.1) is 0 Å². The van der Waals surface area contributed by atoms with Crippen LogP contribution < -0.4 is 4.90 Å². The molecule has 2 nitrogen and oxygen atoms in total. The van der Waals surface area contributed by atoms with Gasteiger partial charge in [0.15, 0.2) is 0 Å². The number of para-hydroxylation sites is 2. The number of hydrogen-bond donors (Lipinski definition) is 0. The highest BCUT2D eigenvalue weighted by atomic mass is 32.2. The van der Waals surface area contributed by atoms with Crippen molar-refractivity contribution in [2.75, 3.05) is 4.90 Å². The van der Waals surface area contributed by atoms with Crippen LogP contribution >= 0.6 is 11.8 Å². The van der Waals surface area contributed by atoms with Gasteiger partial charge in [-0.1, -0.05) is 115 Å². The molecular formula is C43H27NOS. The monoisotopic (exact) mass is 605 g/mol. The molecule has 216 valence electrons. The quantitative estimate of drug-likeness (QED) is 0.199. The molecule has 0 unspecified atom stereocenters. The molecule has 8 aromatic rings. The van der Waals surface area contributed by atoms with Gasteiger partial charge in [-0.2, -0.15) is 0 Å². The summed E-state index contributed by atoms with van der Waals surface area (Å²) >= 11 is 1.85. The van der Waals surface area contributed by atoms with E-state index in [1.165, 1.54) is 43.2 Å². The molecule has 10 rings (SSSR count). The number of benzene rings is 7. The zero-order valence-electron chi connectivity index (χ0n) is 24.9. The molecule has 1 aliphatic carbocycles. The van der Waals surface area contributed by atoms with E-state index in [2.05, 4.69) is 169 Å². The lowest BCUT2D eigenvalue weighted by Crippen LogP contribution is -2.31. The van der Waals surface area contributed by atoms with Crippen LogP contribution in [0.5, 0.6) is 0 Å². The van der Waals surface area contributed by atoms with Crippen molar-refractivity contribution >= 4 is 50.8 Å². The summed E-state index contributed by atoms with van der Waals surface area (Å²) < 4.78 is 6.61. The first kappa shape index (κ1) is 25.8. The Morgan fingerprint density at radius 1 is 0.413 bits per heavy atom. The maximum absolute atomic E-state index is 6.61. The SMILES string of the molecule is c1ccc(N(c2ccccc2)c2ccc3oc4cc5c(cc4c3c2)C2(c3ccccc3S5)c3ccccc3-c3ccccc32)cc1. The third-order valence-corrected chi connectivity index (χ3v) is 10.8. The lowest BCUT2D eigenvalue weighted by Gasteiger charge is -2.39. The number of rotatable bonds is 3. The van der Waals surface area contributed by atoms with E-state index in [9.17, 15) is 0 Å². The summed E-state index contributed by atoms with van der Waals surface area (Å²) in [5.74, 6) is 0. The van der Waals surface area contributed by atoms with Crippen molar-refractivity contribution < 1.29 is 4.42 Å². The number of hydrogen-bond acceptors (Lipinski definition) is 3. The van der Waals surface area contributed by atoms with Crippen LogP contribution in [0.1, 0.15) is 22.3 Å². The van der Waals surface area contributed by atoms with Gasteiger partial charge in [0.25, 0.3) is 0 Å². The van der Waals surface area contributed by atoms with E-state index in [1.54, 1.807) is 0 Å². The third-order valence-electron chi connectivity index (χ3n) is 9.71. The van der Waals surface area contributed by atoms with Crippen LogP contribution in [-0.4, -0.2) is 0 Å². The van der Waals surface area contributed by atoms with Gasteiger partial charge < -0.3 is 9.32 Å². The van der Waals surface area contributed by atoms with E-state index in [-0.39, 0.29) is 0 Å². The Labute approximate surface area is 271 Å². The molecule has 0 N–H and O–H groups in total.